The molecule has 2 saturated heterocycles. The van der Waals surface area contributed by atoms with Crippen LogP contribution in [0.1, 0.15) is 12.0 Å². The second-order valence-electron chi connectivity index (χ2n) is 5.21. The van der Waals surface area contributed by atoms with Gasteiger partial charge in [-0.25, -0.2) is 4.39 Å². The van der Waals surface area contributed by atoms with Crippen LogP contribution in [0.25, 0.3) is 0 Å². The number of halogens is 1. The summed E-state index contributed by atoms with van der Waals surface area (Å²) in [4.78, 5) is 0. The number of methoxy groups -OCH3 is 1. The molecule has 0 saturated carbocycles. The summed E-state index contributed by atoms with van der Waals surface area (Å²) in [7, 11) is 1.54. The van der Waals surface area contributed by atoms with Gasteiger partial charge < -0.3 is 18.9 Å². The Hall–Kier alpha value is -1.01. The maximum atomic E-state index is 13.2. The Morgan fingerprint density at radius 3 is 2.85 bits per heavy atom. The lowest BCUT2D eigenvalue weighted by atomic mass is 9.98. The van der Waals surface area contributed by atoms with Crippen LogP contribution >= 0.6 is 0 Å². The van der Waals surface area contributed by atoms with E-state index in [1.54, 1.807) is 7.11 Å². The van der Waals surface area contributed by atoms with Gasteiger partial charge >= 0.3 is 0 Å². The molecule has 0 radical (unpaired) electrons. The Labute approximate surface area is 117 Å². The summed E-state index contributed by atoms with van der Waals surface area (Å²) in [5.74, 6) is -1.23. The average Bonchev–Trinajstić information content (AvgIpc) is 2.89. The third kappa shape index (κ3) is 2.46. The van der Waals surface area contributed by atoms with Gasteiger partial charge in [0.25, 0.3) is 0 Å². The van der Waals surface area contributed by atoms with Crippen molar-refractivity contribution in [2.45, 2.75) is 37.1 Å². The molecule has 0 spiro atoms. The van der Waals surface area contributed by atoms with Crippen molar-refractivity contribution >= 4 is 0 Å². The molecule has 1 aromatic carbocycles. The summed E-state index contributed by atoms with van der Waals surface area (Å²) in [5, 5.41) is 0. The van der Waals surface area contributed by atoms with Gasteiger partial charge in [0, 0.05) is 13.5 Å². The molecule has 3 rings (SSSR count). The van der Waals surface area contributed by atoms with Crippen LogP contribution in [0.4, 0.5) is 4.39 Å². The number of benzene rings is 1. The molecule has 2 fully saturated rings. The maximum absolute atomic E-state index is 13.2. The number of fused-ring (bicyclic) bond motifs is 2. The highest BCUT2D eigenvalue weighted by atomic mass is 19.1. The van der Waals surface area contributed by atoms with E-state index in [4.69, 9.17) is 18.9 Å². The van der Waals surface area contributed by atoms with E-state index in [1.165, 1.54) is 0 Å². The number of ether oxygens (including phenoxy) is 4. The van der Waals surface area contributed by atoms with E-state index >= 15 is 0 Å². The Balaban J connectivity index is 1.64. The van der Waals surface area contributed by atoms with Crippen molar-refractivity contribution in [3.8, 4) is 0 Å². The van der Waals surface area contributed by atoms with Crippen molar-refractivity contribution in [2.75, 3.05) is 20.4 Å². The minimum absolute atomic E-state index is 0.137. The fourth-order valence-electron chi connectivity index (χ4n) is 2.83. The molecule has 2 aliphatic heterocycles. The van der Waals surface area contributed by atoms with Crippen LogP contribution in [-0.2, 0) is 25.6 Å². The van der Waals surface area contributed by atoms with Crippen LogP contribution in [0.5, 0.6) is 0 Å². The molecule has 2 bridgehead atoms. The highest BCUT2D eigenvalue weighted by Gasteiger charge is 2.56. The van der Waals surface area contributed by atoms with Gasteiger partial charge in [-0.3, -0.25) is 0 Å². The first-order chi connectivity index (χ1) is 9.77. The Kier molecular flexibility index (Phi) is 4.03. The summed E-state index contributed by atoms with van der Waals surface area (Å²) < 4.78 is 35.6. The van der Waals surface area contributed by atoms with Crippen molar-refractivity contribution in [3.05, 3.63) is 35.9 Å². The van der Waals surface area contributed by atoms with Crippen LogP contribution in [0.3, 0.4) is 0 Å². The Bertz CT molecular complexity index is 441. The van der Waals surface area contributed by atoms with Crippen LogP contribution < -0.4 is 0 Å². The molecule has 4 nitrogen and oxygen atoms in total. The first-order valence-corrected chi connectivity index (χ1v) is 6.83. The van der Waals surface area contributed by atoms with Crippen molar-refractivity contribution in [1.29, 1.82) is 0 Å². The smallest absolute Gasteiger partial charge is 0.224 e. The Morgan fingerprint density at radius 1 is 1.35 bits per heavy atom. The topological polar surface area (TPSA) is 36.9 Å². The van der Waals surface area contributed by atoms with Crippen LogP contribution in [0.2, 0.25) is 0 Å². The van der Waals surface area contributed by atoms with Gasteiger partial charge in [-0.05, 0) is 5.56 Å². The lowest BCUT2D eigenvalue weighted by Gasteiger charge is -2.39. The van der Waals surface area contributed by atoms with Crippen molar-refractivity contribution in [1.82, 2.24) is 0 Å². The van der Waals surface area contributed by atoms with E-state index in [-0.39, 0.29) is 12.2 Å². The predicted molar refractivity (Wildman–Crippen MR) is 70.0 cm³/mol. The Morgan fingerprint density at radius 2 is 2.15 bits per heavy atom. The molecule has 0 aromatic heterocycles. The molecule has 1 aromatic rings. The summed E-state index contributed by atoms with van der Waals surface area (Å²) in [6.45, 7) is 0.154. The van der Waals surface area contributed by atoms with Crippen molar-refractivity contribution < 1.29 is 23.3 Å². The molecule has 20 heavy (non-hydrogen) atoms. The van der Waals surface area contributed by atoms with Crippen LogP contribution in [-0.4, -0.2) is 44.5 Å². The fraction of sp³-hybridized carbons (Fsp3) is 0.600. The summed E-state index contributed by atoms with van der Waals surface area (Å²) in [6, 6.07) is 9.93. The molecule has 0 N–H and O–H groups in total. The molecular weight excluding hydrogens is 263 g/mol. The third-order valence-corrected chi connectivity index (χ3v) is 3.97. The van der Waals surface area contributed by atoms with E-state index < -0.39 is 18.6 Å². The summed E-state index contributed by atoms with van der Waals surface area (Å²) in [5.41, 5.74) is 1.10. The highest BCUT2D eigenvalue weighted by molar-refractivity contribution is 5.13. The highest BCUT2D eigenvalue weighted by Crippen LogP contribution is 2.39. The lowest BCUT2D eigenvalue weighted by molar-refractivity contribution is -0.279. The number of rotatable bonds is 5. The number of hydrogen-bond acceptors (Lipinski definition) is 4. The molecule has 2 heterocycles. The van der Waals surface area contributed by atoms with Crippen molar-refractivity contribution in [2.24, 2.45) is 0 Å². The maximum Gasteiger partial charge on any atom is 0.224 e. The van der Waals surface area contributed by atoms with Crippen LogP contribution in [0, 0.1) is 0 Å². The summed E-state index contributed by atoms with van der Waals surface area (Å²) in [6.07, 6.45) is -0.215. The van der Waals surface area contributed by atoms with E-state index in [1.807, 2.05) is 30.3 Å². The average molecular weight is 282 g/mol. The summed E-state index contributed by atoms with van der Waals surface area (Å²) >= 11 is 0. The first kappa shape index (κ1) is 13.9. The largest absolute Gasteiger partial charge is 0.376 e. The SMILES string of the molecule is CO[C@@H]1C[C@H](OCc2ccccc2)[C@H]2CO[C@]1(CF)O2. The fourth-order valence-corrected chi connectivity index (χ4v) is 2.83. The van der Waals surface area contributed by atoms with E-state index in [0.717, 1.165) is 5.56 Å². The zero-order valence-electron chi connectivity index (χ0n) is 11.5. The van der Waals surface area contributed by atoms with E-state index in [9.17, 15) is 4.39 Å². The van der Waals surface area contributed by atoms with Gasteiger partial charge in [-0.15, -0.1) is 0 Å². The second kappa shape index (κ2) is 5.77. The van der Waals surface area contributed by atoms with E-state index in [0.29, 0.717) is 19.6 Å². The monoisotopic (exact) mass is 282 g/mol. The zero-order chi connectivity index (χ0) is 14.0. The predicted octanol–water partition coefficient (Wildman–Crippen LogP) is 2.07. The van der Waals surface area contributed by atoms with Crippen LogP contribution in [0.15, 0.2) is 30.3 Å². The van der Waals surface area contributed by atoms with Crippen molar-refractivity contribution in [3.63, 3.8) is 0 Å². The second-order valence-corrected chi connectivity index (χ2v) is 5.21. The van der Waals surface area contributed by atoms with Gasteiger partial charge in [0.05, 0.1) is 19.3 Å². The van der Waals surface area contributed by atoms with Gasteiger partial charge in [0.1, 0.15) is 18.9 Å². The minimum Gasteiger partial charge on any atom is -0.376 e. The standard InChI is InChI=1S/C15H19FO4/c1-17-14-7-12(13-9-19-15(14,10-16)20-13)18-8-11-5-3-2-4-6-11/h2-6,12-14H,7-10H2,1H3/t12-,13+,14+,15+/m0/s1. The molecule has 110 valence electrons. The zero-order valence-corrected chi connectivity index (χ0v) is 11.5. The molecule has 0 unspecified atom stereocenters. The lowest BCUT2D eigenvalue weighted by Crippen LogP contribution is -2.54. The normalized spacial score (nSPS) is 36.2. The van der Waals surface area contributed by atoms with Gasteiger partial charge in [0.2, 0.25) is 5.79 Å². The van der Waals surface area contributed by atoms with E-state index in [2.05, 4.69) is 0 Å². The molecule has 2 aliphatic rings. The minimum atomic E-state index is -1.23. The van der Waals surface area contributed by atoms with Gasteiger partial charge in [-0.2, -0.15) is 0 Å². The first-order valence-electron chi connectivity index (χ1n) is 6.83. The number of hydrogen-bond donors (Lipinski definition) is 0. The van der Waals surface area contributed by atoms with Gasteiger partial charge in [0.15, 0.2) is 0 Å². The molecular formula is C15H19FO4. The quantitative estimate of drug-likeness (QED) is 0.828. The van der Waals surface area contributed by atoms with Gasteiger partial charge in [-0.1, -0.05) is 30.3 Å². The number of alkyl halides is 1. The molecule has 5 heteroatoms. The molecule has 4 atom stereocenters. The third-order valence-electron chi connectivity index (χ3n) is 3.97. The molecule has 0 amide bonds. The molecule has 0 aliphatic carbocycles.